The van der Waals surface area contributed by atoms with Crippen LogP contribution < -0.4 is 0 Å². The molecule has 0 amide bonds. The van der Waals surface area contributed by atoms with Gasteiger partial charge in [0.1, 0.15) is 6.79 Å². The van der Waals surface area contributed by atoms with Crippen LogP contribution in [0.15, 0.2) is 11.6 Å². The molecular formula is C11H20NO4S+. The molecule has 0 saturated heterocycles. The third kappa shape index (κ3) is 3.54. The van der Waals surface area contributed by atoms with Crippen LogP contribution in [0.25, 0.3) is 0 Å². The minimum Gasteiger partial charge on any atom is -0.307 e. The summed E-state index contributed by atoms with van der Waals surface area (Å²) < 4.78 is 16.9. The number of hydrogen-bond acceptors (Lipinski definition) is 4. The number of hydrogen-bond donors (Lipinski definition) is 0. The van der Waals surface area contributed by atoms with Gasteiger partial charge in [-0.2, -0.15) is 0 Å². The van der Waals surface area contributed by atoms with E-state index in [1.54, 1.807) is 0 Å². The minimum atomic E-state index is -1.29. The van der Waals surface area contributed by atoms with Crippen molar-refractivity contribution < 1.29 is 17.9 Å². The number of nitroso groups, excluding NO2 is 1. The molecule has 1 atom stereocenters. The highest BCUT2D eigenvalue weighted by atomic mass is 32.2. The fourth-order valence-corrected chi connectivity index (χ4v) is 2.17. The van der Waals surface area contributed by atoms with Crippen LogP contribution in [0.2, 0.25) is 0 Å². The Balaban J connectivity index is 0.00000121. The Morgan fingerprint density at radius 1 is 1.35 bits per heavy atom. The first kappa shape index (κ1) is 16.1. The van der Waals surface area contributed by atoms with Gasteiger partial charge in [0.2, 0.25) is 11.1 Å². The smallest absolute Gasteiger partial charge is 0.229 e. The van der Waals surface area contributed by atoms with Gasteiger partial charge in [-0.15, -0.1) is 0 Å². The van der Waals surface area contributed by atoms with Gasteiger partial charge in [0.25, 0.3) is 0 Å². The van der Waals surface area contributed by atoms with Gasteiger partial charge >= 0.3 is 0 Å². The lowest BCUT2D eigenvalue weighted by atomic mass is 9.98. The lowest BCUT2D eigenvalue weighted by Crippen LogP contribution is -2.41. The first-order valence-corrected chi connectivity index (χ1v) is 6.61. The van der Waals surface area contributed by atoms with Crippen molar-refractivity contribution in [2.75, 3.05) is 12.9 Å². The molecule has 0 bridgehead atoms. The van der Waals surface area contributed by atoms with E-state index in [1.165, 1.54) is 6.26 Å². The topological polar surface area (TPSA) is 63.5 Å². The second-order valence-electron chi connectivity index (χ2n) is 4.84. The molecule has 1 heterocycles. The minimum absolute atomic E-state index is 0.248. The highest BCUT2D eigenvalue weighted by molar-refractivity contribution is 7.79. The molecule has 0 aromatic heterocycles. The Bertz CT molecular complexity index is 360. The molecule has 1 unspecified atom stereocenters. The Morgan fingerprint density at radius 3 is 2.12 bits per heavy atom. The molecule has 17 heavy (non-hydrogen) atoms. The van der Waals surface area contributed by atoms with E-state index in [0.29, 0.717) is 0 Å². The van der Waals surface area contributed by atoms with Crippen LogP contribution in [0, 0.1) is 4.91 Å². The molecule has 1 rings (SSSR count). The van der Waals surface area contributed by atoms with Gasteiger partial charge in [-0.1, -0.05) is 0 Å². The monoisotopic (exact) mass is 262 g/mol. The van der Waals surface area contributed by atoms with Gasteiger partial charge < -0.3 is 4.79 Å². The summed E-state index contributed by atoms with van der Waals surface area (Å²) in [6, 6.07) is 0. The van der Waals surface area contributed by atoms with Crippen LogP contribution >= 0.6 is 0 Å². The molecule has 5 nitrogen and oxygen atoms in total. The zero-order chi connectivity index (χ0) is 13.9. The van der Waals surface area contributed by atoms with Crippen LogP contribution in [0.4, 0.5) is 0 Å². The average molecular weight is 262 g/mol. The number of carbonyl (C=O) groups excluding carboxylic acids is 1. The normalized spacial score (nSPS) is 22.4. The lowest BCUT2D eigenvalue weighted by Gasteiger charge is -2.16. The Labute approximate surface area is 104 Å². The van der Waals surface area contributed by atoms with Crippen molar-refractivity contribution in [3.63, 3.8) is 0 Å². The van der Waals surface area contributed by atoms with Crippen LogP contribution in [0.3, 0.4) is 0 Å². The number of rotatable bonds is 3. The fourth-order valence-electron chi connectivity index (χ4n) is 1.88. The third-order valence-corrected chi connectivity index (χ3v) is 3.17. The summed E-state index contributed by atoms with van der Waals surface area (Å²) >= 11 is -1.29. The summed E-state index contributed by atoms with van der Waals surface area (Å²) in [4.78, 5) is 19.9. The molecule has 1 aliphatic rings. The zero-order valence-electron chi connectivity index (χ0n) is 11.0. The van der Waals surface area contributed by atoms with Crippen molar-refractivity contribution in [1.29, 1.82) is 0 Å². The first-order valence-electron chi connectivity index (χ1n) is 5.13. The molecule has 0 fully saturated rings. The van der Waals surface area contributed by atoms with Crippen molar-refractivity contribution in [2.45, 2.75) is 38.8 Å². The van der Waals surface area contributed by atoms with Crippen LogP contribution in [-0.2, 0) is 20.1 Å². The summed E-state index contributed by atoms with van der Waals surface area (Å²) in [7, 11) is 0. The van der Waals surface area contributed by atoms with Crippen molar-refractivity contribution in [2.24, 2.45) is 0 Å². The second-order valence-corrected chi connectivity index (χ2v) is 5.88. The van der Waals surface area contributed by atoms with E-state index in [4.69, 9.17) is 8.98 Å². The Morgan fingerprint density at radius 2 is 1.82 bits per heavy atom. The Kier molecular flexibility index (Phi) is 5.35. The maximum Gasteiger partial charge on any atom is 0.229 e. The van der Waals surface area contributed by atoms with Crippen LogP contribution in [0.5, 0.6) is 0 Å². The van der Waals surface area contributed by atoms with Crippen molar-refractivity contribution in [3.05, 3.63) is 16.6 Å². The predicted molar refractivity (Wildman–Crippen MR) is 67.0 cm³/mol. The van der Waals surface area contributed by atoms with E-state index in [2.05, 4.69) is 0 Å². The summed E-state index contributed by atoms with van der Waals surface area (Å²) in [5, 5.41) is 0. The summed E-state index contributed by atoms with van der Waals surface area (Å²) in [5.41, 5.74) is -0.210. The van der Waals surface area contributed by atoms with Crippen molar-refractivity contribution in [3.8, 4) is 0 Å². The van der Waals surface area contributed by atoms with E-state index < -0.39 is 22.2 Å². The number of carbonyl (C=O) groups is 1. The molecule has 0 N–H and O–H groups in total. The van der Waals surface area contributed by atoms with Gasteiger partial charge in [-0.3, -0.25) is 4.18 Å². The van der Waals surface area contributed by atoms with E-state index in [0.717, 1.165) is 10.3 Å². The predicted octanol–water partition coefficient (Wildman–Crippen LogP) is 1.39. The largest absolute Gasteiger partial charge is 0.307 e. The van der Waals surface area contributed by atoms with Crippen molar-refractivity contribution >= 4 is 17.9 Å². The molecular weight excluding hydrogens is 242 g/mol. The highest BCUT2D eigenvalue weighted by Crippen LogP contribution is 2.35. The Hall–Kier alpha value is -0.880. The molecule has 0 aromatic rings. The third-order valence-electron chi connectivity index (χ3n) is 2.72. The zero-order valence-corrected chi connectivity index (χ0v) is 11.8. The second kappa shape index (κ2) is 5.64. The summed E-state index contributed by atoms with van der Waals surface area (Å²) in [5.74, 6) is 0. The van der Waals surface area contributed by atoms with E-state index in [1.807, 2.05) is 40.6 Å². The quantitative estimate of drug-likeness (QED) is 0.569. The maximum absolute atomic E-state index is 11.9. The summed E-state index contributed by atoms with van der Waals surface area (Å²) in [6.45, 7) is 9.67. The summed E-state index contributed by atoms with van der Waals surface area (Å²) in [6.07, 6.45) is 3.37. The van der Waals surface area contributed by atoms with Crippen LogP contribution in [0.1, 0.15) is 27.7 Å². The molecule has 1 aliphatic heterocycles. The van der Waals surface area contributed by atoms with Gasteiger partial charge in [0, 0.05) is 49.2 Å². The lowest BCUT2D eigenvalue weighted by molar-refractivity contribution is -0.652. The highest BCUT2D eigenvalue weighted by Gasteiger charge is 2.54. The maximum atomic E-state index is 11.9. The molecule has 98 valence electrons. The van der Waals surface area contributed by atoms with Crippen LogP contribution in [-0.4, -0.2) is 39.7 Å². The van der Waals surface area contributed by atoms with Gasteiger partial charge in [0.15, 0.2) is 11.1 Å². The van der Waals surface area contributed by atoms with Gasteiger partial charge in [-0.05, 0) is 6.08 Å². The molecule has 0 aliphatic carbocycles. The molecule has 0 saturated carbocycles. The SMILES string of the molecule is C=O.CS(=O)OCC1=CC(C)(C)[N+](=O)C1(C)C. The van der Waals surface area contributed by atoms with Gasteiger partial charge in [0.05, 0.1) is 6.61 Å². The van der Waals surface area contributed by atoms with E-state index in [9.17, 15) is 9.12 Å². The van der Waals surface area contributed by atoms with Gasteiger partial charge in [-0.25, -0.2) is 4.21 Å². The van der Waals surface area contributed by atoms with E-state index in [-0.39, 0.29) is 6.61 Å². The average Bonchev–Trinajstić information content (AvgIpc) is 2.39. The standard InChI is InChI=1S/C10H18NO3S.CH2O/c1-9(2)6-8(7-14-15(5)13)10(3,4)11(9)12;1-2/h6H,7H2,1-5H3;1H2/q+1;. The molecule has 0 spiro atoms. The fraction of sp³-hybridized carbons (Fsp3) is 0.727. The molecule has 6 heteroatoms. The van der Waals surface area contributed by atoms with Crippen molar-refractivity contribution in [1.82, 2.24) is 0 Å². The molecule has 0 aromatic carbocycles. The number of nitrogens with zero attached hydrogens (tertiary/aromatic N) is 1. The first-order chi connectivity index (χ1) is 7.68. The van der Waals surface area contributed by atoms with E-state index >= 15 is 0 Å². The molecule has 0 radical (unpaired) electrons.